The van der Waals surface area contributed by atoms with Crippen LogP contribution in [0.4, 0.5) is 0 Å². The third-order valence-electron chi connectivity index (χ3n) is 2.36. The molecule has 0 heterocycles. The number of halogens is 1. The van der Waals surface area contributed by atoms with E-state index in [0.717, 1.165) is 6.61 Å². The van der Waals surface area contributed by atoms with E-state index in [4.69, 9.17) is 16.3 Å². The second kappa shape index (κ2) is 7.04. The molecule has 0 aliphatic carbocycles. The maximum Gasteiger partial charge on any atom is 0.120 e. The number of hydrogen-bond acceptors (Lipinski definition) is 1. The van der Waals surface area contributed by atoms with E-state index in [2.05, 4.69) is 32.0 Å². The van der Waals surface area contributed by atoms with Crippen LogP contribution in [0.1, 0.15) is 16.7 Å². The summed E-state index contributed by atoms with van der Waals surface area (Å²) >= 11 is 5.43. The first-order valence-corrected chi connectivity index (χ1v) is 7.96. The van der Waals surface area contributed by atoms with Gasteiger partial charge in [0.1, 0.15) is 6.07 Å². The zero-order valence-corrected chi connectivity index (χ0v) is 11.7. The molecule has 0 radical (unpaired) electrons. The van der Waals surface area contributed by atoms with Crippen molar-refractivity contribution in [1.29, 1.82) is 0 Å². The van der Waals surface area contributed by atoms with Crippen molar-refractivity contribution in [2.45, 2.75) is 25.9 Å². The molecule has 1 aromatic rings. The topological polar surface area (TPSA) is 9.23 Å². The molecule has 0 aliphatic rings. The van der Waals surface area contributed by atoms with Gasteiger partial charge in [0.2, 0.25) is 0 Å². The Bertz CT molecular complexity index is 281. The van der Waals surface area contributed by atoms with Crippen LogP contribution in [0.2, 0.25) is 6.04 Å². The van der Waals surface area contributed by atoms with Crippen LogP contribution >= 0.6 is 11.6 Å². The highest BCUT2D eigenvalue weighted by Gasteiger charge is 1.97. The summed E-state index contributed by atoms with van der Waals surface area (Å²) in [5.74, 6) is 0. The Labute approximate surface area is 99.6 Å². The largest absolute Gasteiger partial charge is 0.366 e. The highest BCUT2D eigenvalue weighted by atomic mass is 35.5. The van der Waals surface area contributed by atoms with E-state index in [1.54, 1.807) is 0 Å². The van der Waals surface area contributed by atoms with Crippen LogP contribution in [0.15, 0.2) is 18.2 Å². The van der Waals surface area contributed by atoms with Gasteiger partial charge in [-0.2, -0.15) is 0 Å². The fourth-order valence-corrected chi connectivity index (χ4v) is 3.27. The summed E-state index contributed by atoms with van der Waals surface area (Å²) in [5.41, 5.74) is 4.23. The lowest BCUT2D eigenvalue weighted by Gasteiger charge is -2.04. The molecule has 0 spiro atoms. The third-order valence-corrected chi connectivity index (χ3v) is 4.24. The molecule has 84 valence electrons. The normalized spacial score (nSPS) is 11.4. The SMILES string of the molecule is Cc1cc(C)cc(C[SiH2]CCOCCl)c1. The minimum absolute atomic E-state index is 0.0229. The average Bonchev–Trinajstić information content (AvgIpc) is 2.16. The van der Waals surface area contributed by atoms with Crippen LogP contribution < -0.4 is 0 Å². The van der Waals surface area contributed by atoms with Gasteiger partial charge in [-0.15, -0.1) is 0 Å². The molecule has 0 saturated carbocycles. The summed E-state index contributed by atoms with van der Waals surface area (Å²) in [6, 6.07) is 9.64. The van der Waals surface area contributed by atoms with E-state index >= 15 is 0 Å². The van der Waals surface area contributed by atoms with Crippen molar-refractivity contribution >= 4 is 21.1 Å². The molecule has 15 heavy (non-hydrogen) atoms. The van der Waals surface area contributed by atoms with E-state index in [1.807, 2.05) is 0 Å². The Morgan fingerprint density at radius 2 is 1.87 bits per heavy atom. The summed E-state index contributed by atoms with van der Waals surface area (Å²) in [5, 5.41) is 0. The molecule has 1 aromatic carbocycles. The van der Waals surface area contributed by atoms with E-state index in [1.165, 1.54) is 28.8 Å². The molecule has 1 nitrogen and oxygen atoms in total. The van der Waals surface area contributed by atoms with Crippen LogP contribution in [0.25, 0.3) is 0 Å². The number of hydrogen-bond donors (Lipinski definition) is 0. The van der Waals surface area contributed by atoms with Crippen molar-refractivity contribution in [3.05, 3.63) is 34.9 Å². The molecule has 1 rings (SSSR count). The number of aryl methyl sites for hydroxylation is 2. The first-order chi connectivity index (χ1) is 7.22. The summed E-state index contributed by atoms with van der Waals surface area (Å²) in [7, 11) is -0.0229. The first-order valence-electron chi connectivity index (χ1n) is 5.43. The van der Waals surface area contributed by atoms with Gasteiger partial charge in [-0.05, 0) is 25.9 Å². The molecule has 0 unspecified atom stereocenters. The van der Waals surface area contributed by atoms with Gasteiger partial charge >= 0.3 is 0 Å². The number of benzene rings is 1. The molecule has 0 N–H and O–H groups in total. The van der Waals surface area contributed by atoms with Crippen molar-refractivity contribution in [3.8, 4) is 0 Å². The number of rotatable bonds is 6. The lowest BCUT2D eigenvalue weighted by molar-refractivity contribution is 0.195. The van der Waals surface area contributed by atoms with E-state index in [0.29, 0.717) is 6.07 Å². The van der Waals surface area contributed by atoms with Gasteiger partial charge in [-0.1, -0.05) is 46.5 Å². The molecular formula is C12H19ClOSi. The van der Waals surface area contributed by atoms with Gasteiger partial charge in [0.25, 0.3) is 0 Å². The third kappa shape index (κ3) is 5.35. The Balaban J connectivity index is 2.31. The van der Waals surface area contributed by atoms with Crippen molar-refractivity contribution in [3.63, 3.8) is 0 Å². The second-order valence-corrected chi connectivity index (χ2v) is 6.10. The van der Waals surface area contributed by atoms with Crippen molar-refractivity contribution in [1.82, 2.24) is 0 Å². The fraction of sp³-hybridized carbons (Fsp3) is 0.500. The van der Waals surface area contributed by atoms with E-state index < -0.39 is 0 Å². The zero-order valence-electron chi connectivity index (χ0n) is 9.55. The van der Waals surface area contributed by atoms with Crippen LogP contribution in [0.3, 0.4) is 0 Å². The minimum atomic E-state index is -0.0229. The van der Waals surface area contributed by atoms with Crippen molar-refractivity contribution in [2.75, 3.05) is 12.7 Å². The zero-order chi connectivity index (χ0) is 11.1. The Morgan fingerprint density at radius 1 is 1.20 bits per heavy atom. The van der Waals surface area contributed by atoms with Crippen molar-refractivity contribution in [2.24, 2.45) is 0 Å². The van der Waals surface area contributed by atoms with Gasteiger partial charge in [-0.25, -0.2) is 0 Å². The average molecular weight is 243 g/mol. The van der Waals surface area contributed by atoms with E-state index in [-0.39, 0.29) is 9.52 Å². The Morgan fingerprint density at radius 3 is 2.47 bits per heavy atom. The molecule has 0 saturated heterocycles. The Hall–Kier alpha value is -0.313. The van der Waals surface area contributed by atoms with Crippen LogP contribution in [-0.4, -0.2) is 22.2 Å². The molecule has 0 bridgehead atoms. The van der Waals surface area contributed by atoms with E-state index in [9.17, 15) is 0 Å². The number of ether oxygens (including phenoxy) is 1. The summed E-state index contributed by atoms with van der Waals surface area (Å²) in [6.45, 7) is 5.16. The number of alkyl halides is 1. The van der Waals surface area contributed by atoms with Gasteiger partial charge in [0.05, 0.1) is 0 Å². The van der Waals surface area contributed by atoms with Crippen molar-refractivity contribution < 1.29 is 4.74 Å². The monoisotopic (exact) mass is 242 g/mol. The van der Waals surface area contributed by atoms with Gasteiger partial charge in [0.15, 0.2) is 0 Å². The molecule has 0 aromatic heterocycles. The lowest BCUT2D eigenvalue weighted by atomic mass is 10.1. The fourth-order valence-electron chi connectivity index (χ4n) is 1.80. The second-order valence-electron chi connectivity index (χ2n) is 3.97. The minimum Gasteiger partial charge on any atom is -0.366 e. The molecule has 0 amide bonds. The summed E-state index contributed by atoms with van der Waals surface area (Å²) in [6.07, 6.45) is 0. The highest BCUT2D eigenvalue weighted by molar-refractivity contribution is 6.35. The standard InChI is InChI=1S/C12H19ClOSi/c1-10-5-11(2)7-12(6-10)8-15-4-3-14-9-13/h5-7H,3-4,8-9,15H2,1-2H3. The highest BCUT2D eigenvalue weighted by Crippen LogP contribution is 2.09. The van der Waals surface area contributed by atoms with Crippen LogP contribution in [0, 0.1) is 13.8 Å². The van der Waals surface area contributed by atoms with Crippen LogP contribution in [-0.2, 0) is 10.8 Å². The van der Waals surface area contributed by atoms with Crippen LogP contribution in [0.5, 0.6) is 0 Å². The van der Waals surface area contributed by atoms with Gasteiger partial charge in [0, 0.05) is 16.1 Å². The summed E-state index contributed by atoms with van der Waals surface area (Å²) in [4.78, 5) is 0. The quantitative estimate of drug-likeness (QED) is 0.423. The smallest absolute Gasteiger partial charge is 0.120 e. The molecule has 0 atom stereocenters. The molecule has 3 heteroatoms. The lowest BCUT2D eigenvalue weighted by Crippen LogP contribution is -2.02. The molecule has 0 fully saturated rings. The summed E-state index contributed by atoms with van der Waals surface area (Å²) < 4.78 is 5.12. The predicted octanol–water partition coefficient (Wildman–Crippen LogP) is 2.60. The predicted molar refractivity (Wildman–Crippen MR) is 69.6 cm³/mol. The molecular weight excluding hydrogens is 224 g/mol. The maximum atomic E-state index is 5.43. The van der Waals surface area contributed by atoms with Gasteiger partial charge in [-0.3, -0.25) is 0 Å². The Kier molecular flexibility index (Phi) is 5.99. The van der Waals surface area contributed by atoms with Gasteiger partial charge < -0.3 is 4.74 Å². The first kappa shape index (κ1) is 12.8. The maximum absolute atomic E-state index is 5.43. The molecule has 0 aliphatic heterocycles.